The van der Waals surface area contributed by atoms with Crippen molar-refractivity contribution in [3.8, 4) is 17.9 Å². The lowest BCUT2D eigenvalue weighted by molar-refractivity contribution is 0.471. The van der Waals surface area contributed by atoms with E-state index >= 15 is 0 Å². The maximum atomic E-state index is 9.70. The van der Waals surface area contributed by atoms with Crippen molar-refractivity contribution in [2.45, 2.75) is 13.8 Å². The van der Waals surface area contributed by atoms with Crippen LogP contribution in [-0.2, 0) is 0 Å². The van der Waals surface area contributed by atoms with Gasteiger partial charge in [-0.25, -0.2) is 4.98 Å². The average Bonchev–Trinajstić information content (AvgIpc) is 2.83. The van der Waals surface area contributed by atoms with Gasteiger partial charge in [-0.3, -0.25) is 0 Å². The summed E-state index contributed by atoms with van der Waals surface area (Å²) in [5.41, 5.74) is 11.2. The van der Waals surface area contributed by atoms with E-state index in [0.29, 0.717) is 22.4 Å². The molecule has 0 aliphatic heterocycles. The minimum Gasteiger partial charge on any atom is -0.507 e. The van der Waals surface area contributed by atoms with Crippen LogP contribution in [0.4, 0.5) is 5.82 Å². The molecule has 0 fully saturated rings. The van der Waals surface area contributed by atoms with Crippen molar-refractivity contribution in [1.29, 1.82) is 10.5 Å². The number of nitrogens with two attached hydrogens (primary N) is 1. The first kappa shape index (κ1) is 17.0. The van der Waals surface area contributed by atoms with Crippen molar-refractivity contribution < 1.29 is 5.11 Å². The third-order valence-electron chi connectivity index (χ3n) is 4.27. The van der Waals surface area contributed by atoms with Crippen LogP contribution < -0.4 is 5.73 Å². The quantitative estimate of drug-likeness (QED) is 0.652. The molecule has 2 aromatic rings. The van der Waals surface area contributed by atoms with E-state index in [1.807, 2.05) is 26.0 Å². The van der Waals surface area contributed by atoms with E-state index in [-0.39, 0.29) is 11.6 Å². The second-order valence-electron chi connectivity index (χ2n) is 5.71. The van der Waals surface area contributed by atoms with Crippen LogP contribution >= 0.6 is 22.6 Å². The van der Waals surface area contributed by atoms with Crippen molar-refractivity contribution in [3.63, 3.8) is 0 Å². The van der Waals surface area contributed by atoms with E-state index in [9.17, 15) is 15.6 Å². The number of hydrogen-bond acceptors (Lipinski definition) is 5. The monoisotopic (exact) mass is 440 g/mol. The molecule has 6 heteroatoms. The van der Waals surface area contributed by atoms with Gasteiger partial charge in [-0.1, -0.05) is 6.07 Å². The number of halogens is 1. The summed E-state index contributed by atoms with van der Waals surface area (Å²) in [6.45, 7) is 3.68. The van der Waals surface area contributed by atoms with Gasteiger partial charge in [0.25, 0.3) is 0 Å². The predicted octanol–water partition coefficient (Wildman–Crippen LogP) is 4.01. The minimum absolute atomic E-state index is 0.139. The van der Waals surface area contributed by atoms with Crippen LogP contribution in [0.2, 0.25) is 0 Å². The summed E-state index contributed by atoms with van der Waals surface area (Å²) in [7, 11) is 0. The molecule has 0 unspecified atom stereocenters. The van der Waals surface area contributed by atoms with Crippen LogP contribution in [0.25, 0.3) is 17.2 Å². The van der Waals surface area contributed by atoms with Gasteiger partial charge in [-0.05, 0) is 76.9 Å². The van der Waals surface area contributed by atoms with Crippen LogP contribution in [0.15, 0.2) is 23.8 Å². The fraction of sp³-hybridized carbons (Fsp3) is 0.105. The molecule has 1 heterocycles. The molecule has 122 valence electrons. The SMILES string of the molecule is CC1=C(C#N)c2nc(N)c(C#N)c(C)c2/C1=C\c1ccc(O)c(I)c1. The topological polar surface area (TPSA) is 107 Å². The molecule has 0 bridgehead atoms. The Labute approximate surface area is 158 Å². The molecule has 1 aliphatic carbocycles. The fourth-order valence-corrected chi connectivity index (χ4v) is 3.51. The first-order valence-electron chi connectivity index (χ1n) is 7.41. The number of rotatable bonds is 1. The fourth-order valence-electron chi connectivity index (χ4n) is 2.98. The zero-order valence-electron chi connectivity index (χ0n) is 13.6. The number of nitrogens with zero attached hydrogens (tertiary/aromatic N) is 3. The number of benzene rings is 1. The van der Waals surface area contributed by atoms with E-state index in [2.05, 4.69) is 39.7 Å². The lowest BCUT2D eigenvalue weighted by Crippen LogP contribution is -2.03. The number of aromatic hydroxyl groups is 1. The van der Waals surface area contributed by atoms with Crippen LogP contribution in [0.5, 0.6) is 5.75 Å². The molecule has 3 rings (SSSR count). The Hall–Kier alpha value is -2.84. The van der Waals surface area contributed by atoms with Crippen molar-refractivity contribution >= 4 is 45.6 Å². The zero-order chi connectivity index (χ0) is 18.3. The summed E-state index contributed by atoms with van der Waals surface area (Å²) < 4.78 is 0.733. The molecule has 3 N–H and O–H groups in total. The van der Waals surface area contributed by atoms with Crippen molar-refractivity contribution in [1.82, 2.24) is 4.98 Å². The van der Waals surface area contributed by atoms with Gasteiger partial charge < -0.3 is 10.8 Å². The predicted molar refractivity (Wildman–Crippen MR) is 105 cm³/mol. The molecule has 1 aliphatic rings. The zero-order valence-corrected chi connectivity index (χ0v) is 15.7. The van der Waals surface area contributed by atoms with E-state index in [4.69, 9.17) is 5.73 Å². The highest BCUT2D eigenvalue weighted by Gasteiger charge is 2.29. The molecular weight excluding hydrogens is 427 g/mol. The molecule has 25 heavy (non-hydrogen) atoms. The molecular formula is C19H13IN4O. The first-order valence-corrected chi connectivity index (χ1v) is 8.49. The number of aromatic nitrogens is 1. The van der Waals surface area contributed by atoms with Crippen LogP contribution in [0.3, 0.4) is 0 Å². The van der Waals surface area contributed by atoms with Gasteiger partial charge in [0.15, 0.2) is 0 Å². The highest BCUT2D eigenvalue weighted by atomic mass is 127. The number of allylic oxidation sites excluding steroid dienone is 3. The van der Waals surface area contributed by atoms with Crippen LogP contribution in [0.1, 0.15) is 34.9 Å². The molecule has 5 nitrogen and oxygen atoms in total. The third kappa shape index (κ3) is 2.65. The van der Waals surface area contributed by atoms with Crippen molar-refractivity contribution in [2.24, 2.45) is 0 Å². The highest BCUT2D eigenvalue weighted by Crippen LogP contribution is 2.44. The van der Waals surface area contributed by atoms with Gasteiger partial charge in [-0.15, -0.1) is 0 Å². The number of phenolic OH excluding ortho intramolecular Hbond substituents is 1. The summed E-state index contributed by atoms with van der Waals surface area (Å²) in [5, 5.41) is 28.6. The molecule has 0 atom stereocenters. The Morgan fingerprint density at radius 2 is 1.96 bits per heavy atom. The van der Waals surface area contributed by atoms with E-state index in [1.165, 1.54) is 0 Å². The lowest BCUT2D eigenvalue weighted by atomic mass is 9.95. The van der Waals surface area contributed by atoms with E-state index < -0.39 is 0 Å². The Morgan fingerprint density at radius 1 is 1.24 bits per heavy atom. The highest BCUT2D eigenvalue weighted by molar-refractivity contribution is 14.1. The summed E-state index contributed by atoms with van der Waals surface area (Å²) in [6.07, 6.45) is 1.94. The van der Waals surface area contributed by atoms with Gasteiger partial charge in [0, 0.05) is 5.56 Å². The number of hydrogen-bond donors (Lipinski definition) is 2. The minimum atomic E-state index is 0.139. The second kappa shape index (κ2) is 6.23. The Morgan fingerprint density at radius 3 is 2.56 bits per heavy atom. The normalized spacial score (nSPS) is 14.4. The molecule has 1 aromatic heterocycles. The molecule has 0 saturated carbocycles. The number of nitriles is 2. The van der Waals surface area contributed by atoms with Gasteiger partial charge >= 0.3 is 0 Å². The van der Waals surface area contributed by atoms with Gasteiger partial charge in [0.05, 0.1) is 20.4 Å². The summed E-state index contributed by atoms with van der Waals surface area (Å²) >= 11 is 2.06. The average molecular weight is 440 g/mol. The maximum absolute atomic E-state index is 9.70. The first-order chi connectivity index (χ1) is 11.9. The molecule has 1 aromatic carbocycles. The molecule has 0 spiro atoms. The summed E-state index contributed by atoms with van der Waals surface area (Å²) in [6, 6.07) is 9.57. The second-order valence-corrected chi connectivity index (χ2v) is 6.88. The molecule has 0 saturated heterocycles. The summed E-state index contributed by atoms with van der Waals surface area (Å²) in [5.74, 6) is 0.358. The smallest absolute Gasteiger partial charge is 0.142 e. The lowest BCUT2D eigenvalue weighted by Gasteiger charge is -2.11. The van der Waals surface area contributed by atoms with Crippen LogP contribution in [0, 0.1) is 33.2 Å². The molecule has 0 radical (unpaired) electrons. The number of nitrogen functional groups attached to an aromatic ring is 1. The van der Waals surface area contributed by atoms with E-state index in [0.717, 1.165) is 25.8 Å². The number of anilines is 1. The molecule has 0 amide bonds. The third-order valence-corrected chi connectivity index (χ3v) is 5.13. The Bertz CT molecular complexity index is 1070. The van der Waals surface area contributed by atoms with Crippen molar-refractivity contribution in [2.75, 3.05) is 5.73 Å². The van der Waals surface area contributed by atoms with Crippen LogP contribution in [-0.4, -0.2) is 10.1 Å². The standard InChI is InChI=1S/C19H13IN4O/c1-9-12(5-11-3-4-16(25)15(20)6-11)17-10(2)14(8-22)19(23)24-18(17)13(9)7-21/h3-6,25H,1-2H3,(H2,23,24)/b12-5-. The van der Waals surface area contributed by atoms with Crippen molar-refractivity contribution in [3.05, 3.63) is 55.3 Å². The number of phenols is 1. The Kier molecular flexibility index (Phi) is 4.23. The largest absolute Gasteiger partial charge is 0.507 e. The Balaban J connectivity index is 2.32. The van der Waals surface area contributed by atoms with Gasteiger partial charge in [0.2, 0.25) is 0 Å². The summed E-state index contributed by atoms with van der Waals surface area (Å²) in [4.78, 5) is 4.30. The van der Waals surface area contributed by atoms with E-state index in [1.54, 1.807) is 12.1 Å². The van der Waals surface area contributed by atoms with Gasteiger partial charge in [-0.2, -0.15) is 10.5 Å². The van der Waals surface area contributed by atoms with Gasteiger partial charge in [0.1, 0.15) is 23.7 Å². The number of pyridine rings is 1. The number of fused-ring (bicyclic) bond motifs is 1. The maximum Gasteiger partial charge on any atom is 0.142 e.